The quantitative estimate of drug-likeness (QED) is 0.377. The van der Waals surface area contributed by atoms with Gasteiger partial charge in [0.2, 0.25) is 5.91 Å². The molecule has 0 radical (unpaired) electrons. The van der Waals surface area contributed by atoms with Gasteiger partial charge in [0, 0.05) is 12.8 Å². The van der Waals surface area contributed by atoms with Crippen LogP contribution in [-0.4, -0.2) is 24.0 Å². The van der Waals surface area contributed by atoms with Crippen LogP contribution in [0.15, 0.2) is 58.7 Å². The van der Waals surface area contributed by atoms with Crippen LogP contribution in [0.2, 0.25) is 0 Å². The summed E-state index contributed by atoms with van der Waals surface area (Å²) in [6.45, 7) is 12.2. The van der Waals surface area contributed by atoms with Gasteiger partial charge in [0.1, 0.15) is 5.78 Å². The number of carbonyl (C=O) groups is 3. The SMILES string of the molecule is CC(=O)CNC(=O)CCC(=O)/C=C(C)/C=C/C=C(C)/C=C/C1=C(C)CCCC1(C)C. The van der Waals surface area contributed by atoms with Gasteiger partial charge in [0.15, 0.2) is 5.78 Å². The number of allylic oxidation sites excluding steroid dienone is 10. The largest absolute Gasteiger partial charge is 0.349 e. The lowest BCUT2D eigenvalue weighted by molar-refractivity contribution is -0.125. The number of nitrogens with one attached hydrogen (secondary N) is 1. The summed E-state index contributed by atoms with van der Waals surface area (Å²) < 4.78 is 0. The van der Waals surface area contributed by atoms with Gasteiger partial charge in [-0.1, -0.05) is 55.4 Å². The van der Waals surface area contributed by atoms with Crippen LogP contribution in [0.1, 0.15) is 73.6 Å². The molecule has 0 aromatic carbocycles. The normalized spacial score (nSPS) is 17.7. The van der Waals surface area contributed by atoms with E-state index in [-0.39, 0.29) is 42.3 Å². The second kappa shape index (κ2) is 12.3. The monoisotopic (exact) mass is 411 g/mol. The molecule has 4 heteroatoms. The summed E-state index contributed by atoms with van der Waals surface area (Å²) in [5.74, 6) is -0.488. The number of rotatable bonds is 10. The Morgan fingerprint density at radius 1 is 1.03 bits per heavy atom. The molecule has 0 aromatic heterocycles. The van der Waals surface area contributed by atoms with Crippen molar-refractivity contribution in [3.05, 3.63) is 58.7 Å². The number of hydrogen-bond acceptors (Lipinski definition) is 3. The molecule has 0 saturated heterocycles. The fourth-order valence-electron chi connectivity index (χ4n) is 3.55. The Labute approximate surface area is 181 Å². The van der Waals surface area contributed by atoms with Crippen LogP contribution in [0.4, 0.5) is 0 Å². The van der Waals surface area contributed by atoms with Crippen LogP contribution in [-0.2, 0) is 14.4 Å². The molecule has 1 rings (SSSR count). The second-order valence-corrected chi connectivity index (χ2v) is 8.87. The molecule has 0 bridgehead atoms. The molecular weight excluding hydrogens is 374 g/mol. The van der Waals surface area contributed by atoms with E-state index >= 15 is 0 Å². The highest BCUT2D eigenvalue weighted by Gasteiger charge is 2.26. The fourth-order valence-corrected chi connectivity index (χ4v) is 3.55. The number of amides is 1. The third-order valence-electron chi connectivity index (χ3n) is 5.30. The van der Waals surface area contributed by atoms with E-state index in [2.05, 4.69) is 45.2 Å². The summed E-state index contributed by atoms with van der Waals surface area (Å²) in [5.41, 5.74) is 5.15. The van der Waals surface area contributed by atoms with Crippen LogP contribution < -0.4 is 5.32 Å². The Kier molecular flexibility index (Phi) is 10.4. The lowest BCUT2D eigenvalue weighted by Crippen LogP contribution is -2.28. The fraction of sp³-hybridized carbons (Fsp3) is 0.500. The predicted molar refractivity (Wildman–Crippen MR) is 124 cm³/mol. The molecule has 1 amide bonds. The maximum Gasteiger partial charge on any atom is 0.220 e. The molecule has 0 heterocycles. The Balaban J connectivity index is 2.58. The molecule has 0 spiro atoms. The lowest BCUT2D eigenvalue weighted by atomic mass is 9.72. The average Bonchev–Trinajstić information content (AvgIpc) is 2.63. The van der Waals surface area contributed by atoms with Gasteiger partial charge in [-0.2, -0.15) is 0 Å². The third kappa shape index (κ3) is 9.82. The molecule has 0 saturated carbocycles. The second-order valence-electron chi connectivity index (χ2n) is 8.87. The highest BCUT2D eigenvalue weighted by molar-refractivity contribution is 5.93. The van der Waals surface area contributed by atoms with Crippen LogP contribution in [0, 0.1) is 5.41 Å². The van der Waals surface area contributed by atoms with E-state index in [1.165, 1.54) is 37.3 Å². The third-order valence-corrected chi connectivity index (χ3v) is 5.30. The van der Waals surface area contributed by atoms with Crippen molar-refractivity contribution in [1.29, 1.82) is 0 Å². The van der Waals surface area contributed by atoms with Crippen molar-refractivity contribution in [1.82, 2.24) is 5.32 Å². The molecular formula is C26H37NO3. The molecule has 0 atom stereocenters. The van der Waals surface area contributed by atoms with Gasteiger partial charge in [-0.05, 0) is 69.6 Å². The van der Waals surface area contributed by atoms with Crippen LogP contribution >= 0.6 is 0 Å². The summed E-state index contributed by atoms with van der Waals surface area (Å²) in [5, 5.41) is 2.49. The van der Waals surface area contributed by atoms with E-state index in [9.17, 15) is 14.4 Å². The van der Waals surface area contributed by atoms with Gasteiger partial charge in [-0.3, -0.25) is 14.4 Å². The molecule has 164 valence electrons. The van der Waals surface area contributed by atoms with Crippen molar-refractivity contribution in [2.24, 2.45) is 5.41 Å². The zero-order valence-corrected chi connectivity index (χ0v) is 19.4. The first-order chi connectivity index (χ1) is 14.0. The summed E-state index contributed by atoms with van der Waals surface area (Å²) in [6.07, 6.45) is 15.7. The van der Waals surface area contributed by atoms with E-state index in [4.69, 9.17) is 0 Å². The van der Waals surface area contributed by atoms with Gasteiger partial charge in [-0.25, -0.2) is 0 Å². The van der Waals surface area contributed by atoms with Crippen LogP contribution in [0.5, 0.6) is 0 Å². The van der Waals surface area contributed by atoms with Crippen molar-refractivity contribution in [2.45, 2.75) is 73.6 Å². The van der Waals surface area contributed by atoms with Crippen molar-refractivity contribution in [3.8, 4) is 0 Å². The van der Waals surface area contributed by atoms with Crippen molar-refractivity contribution >= 4 is 17.5 Å². The van der Waals surface area contributed by atoms with Crippen molar-refractivity contribution in [3.63, 3.8) is 0 Å². The zero-order chi connectivity index (χ0) is 22.7. The summed E-state index contributed by atoms with van der Waals surface area (Å²) in [7, 11) is 0. The molecule has 30 heavy (non-hydrogen) atoms. The molecule has 1 aliphatic carbocycles. The van der Waals surface area contributed by atoms with E-state index in [1.54, 1.807) is 6.08 Å². The number of ketones is 2. The Bertz CT molecular complexity index is 804. The van der Waals surface area contributed by atoms with Crippen LogP contribution in [0.3, 0.4) is 0 Å². The molecule has 0 fully saturated rings. The zero-order valence-electron chi connectivity index (χ0n) is 19.4. The highest BCUT2D eigenvalue weighted by atomic mass is 16.2. The minimum absolute atomic E-state index is 0.0130. The standard InChI is InChI=1S/C26H37NO3/c1-19(12-14-24-21(3)11-8-16-26(24,5)6)9-7-10-20(2)17-23(29)13-15-25(30)27-18-22(4)28/h7,9-10,12,14,17H,8,11,13,15-16,18H2,1-6H3,(H,27,30)/b10-7+,14-12+,19-9+,20-17+. The van der Waals surface area contributed by atoms with Gasteiger partial charge in [0.05, 0.1) is 6.54 Å². The molecule has 1 aliphatic rings. The average molecular weight is 412 g/mol. The van der Waals surface area contributed by atoms with Gasteiger partial charge >= 0.3 is 0 Å². The minimum Gasteiger partial charge on any atom is -0.349 e. The summed E-state index contributed by atoms with van der Waals surface area (Å²) in [4.78, 5) is 34.4. The van der Waals surface area contributed by atoms with Gasteiger partial charge < -0.3 is 5.32 Å². The molecule has 4 nitrogen and oxygen atoms in total. The maximum absolute atomic E-state index is 12.0. The smallest absolute Gasteiger partial charge is 0.220 e. The topological polar surface area (TPSA) is 63.2 Å². The first-order valence-corrected chi connectivity index (χ1v) is 10.7. The van der Waals surface area contributed by atoms with E-state index in [0.717, 1.165) is 11.1 Å². The lowest BCUT2D eigenvalue weighted by Gasteiger charge is -2.32. The summed E-state index contributed by atoms with van der Waals surface area (Å²) in [6, 6.07) is 0. The first-order valence-electron chi connectivity index (χ1n) is 10.7. The van der Waals surface area contributed by atoms with E-state index < -0.39 is 0 Å². The van der Waals surface area contributed by atoms with Crippen molar-refractivity contribution in [2.75, 3.05) is 6.54 Å². The maximum atomic E-state index is 12.0. The number of hydrogen-bond donors (Lipinski definition) is 1. The van der Waals surface area contributed by atoms with Gasteiger partial charge in [-0.15, -0.1) is 0 Å². The highest BCUT2D eigenvalue weighted by Crippen LogP contribution is 2.40. The van der Waals surface area contributed by atoms with Crippen LogP contribution in [0.25, 0.3) is 0 Å². The number of carbonyl (C=O) groups excluding carboxylic acids is 3. The van der Waals surface area contributed by atoms with E-state index in [1.807, 2.05) is 25.2 Å². The minimum atomic E-state index is -0.281. The summed E-state index contributed by atoms with van der Waals surface area (Å²) >= 11 is 0. The number of Topliss-reactive ketones (excluding diaryl/α,β-unsaturated/α-hetero) is 1. The Morgan fingerprint density at radius 3 is 2.37 bits per heavy atom. The Morgan fingerprint density at radius 2 is 1.73 bits per heavy atom. The molecule has 1 N–H and O–H groups in total. The molecule has 0 aromatic rings. The Hall–Kier alpha value is -2.49. The van der Waals surface area contributed by atoms with Gasteiger partial charge in [0.25, 0.3) is 0 Å². The first kappa shape index (κ1) is 25.5. The molecule has 0 aliphatic heterocycles. The molecule has 0 unspecified atom stereocenters. The van der Waals surface area contributed by atoms with E-state index in [0.29, 0.717) is 0 Å². The van der Waals surface area contributed by atoms with Crippen molar-refractivity contribution < 1.29 is 14.4 Å². The predicted octanol–water partition coefficient (Wildman–Crippen LogP) is 5.57.